The van der Waals surface area contributed by atoms with Gasteiger partial charge in [-0.2, -0.15) is 16.3 Å². The third-order valence-corrected chi connectivity index (χ3v) is 6.50. The summed E-state index contributed by atoms with van der Waals surface area (Å²) in [6.07, 6.45) is 1.08. The molecule has 3 aromatic heterocycles. The molecule has 3 heterocycles. The van der Waals surface area contributed by atoms with Crippen molar-refractivity contribution in [1.29, 1.82) is 0 Å². The number of aromatic nitrogens is 3. The highest BCUT2D eigenvalue weighted by Crippen LogP contribution is 2.33. The Balaban J connectivity index is 1.91. The molecule has 0 fully saturated rings. The summed E-state index contributed by atoms with van der Waals surface area (Å²) in [7, 11) is -3.32. The highest BCUT2D eigenvalue weighted by Gasteiger charge is 2.18. The number of fused-ring (bicyclic) bond motifs is 1. The van der Waals surface area contributed by atoms with Crippen molar-refractivity contribution in [2.45, 2.75) is 0 Å². The van der Waals surface area contributed by atoms with Crippen molar-refractivity contribution in [3.8, 4) is 16.9 Å². The Labute approximate surface area is 197 Å². The molecule has 2 N–H and O–H groups in total. The minimum atomic E-state index is -3.32. The molecule has 0 spiro atoms. The third kappa shape index (κ3) is 4.79. The van der Waals surface area contributed by atoms with E-state index in [1.807, 2.05) is 16.8 Å². The normalized spacial score (nSPS) is 11.7. The summed E-state index contributed by atoms with van der Waals surface area (Å²) >= 11 is 14.3. The van der Waals surface area contributed by atoms with Gasteiger partial charge in [-0.25, -0.2) is 18.1 Å². The van der Waals surface area contributed by atoms with Crippen molar-refractivity contribution in [2.24, 2.45) is 0 Å². The number of nitrogens with zero attached hydrogens (tertiary/aromatic N) is 3. The van der Waals surface area contributed by atoms with E-state index in [0.717, 1.165) is 11.8 Å². The highest BCUT2D eigenvalue weighted by molar-refractivity contribution is 7.88. The van der Waals surface area contributed by atoms with Gasteiger partial charge in [0.15, 0.2) is 5.65 Å². The van der Waals surface area contributed by atoms with Crippen LogP contribution in [0.25, 0.3) is 28.0 Å². The maximum atomic E-state index is 12.9. The second-order valence-electron chi connectivity index (χ2n) is 6.82. The molecule has 4 rings (SSSR count). The van der Waals surface area contributed by atoms with Gasteiger partial charge in [0.1, 0.15) is 0 Å². The zero-order valence-corrected chi connectivity index (χ0v) is 19.8. The monoisotopic (exact) mass is 509 g/mol. The molecule has 0 aliphatic carbocycles. The number of sulfonamides is 1. The van der Waals surface area contributed by atoms with E-state index >= 15 is 0 Å². The summed E-state index contributed by atoms with van der Waals surface area (Å²) < 4.78 is 26.4. The molecule has 32 heavy (non-hydrogen) atoms. The largest absolute Gasteiger partial charge is 0.353 e. The van der Waals surface area contributed by atoms with Crippen LogP contribution in [0.1, 0.15) is 0 Å². The van der Waals surface area contributed by atoms with E-state index in [1.165, 1.54) is 22.0 Å². The van der Waals surface area contributed by atoms with Crippen LogP contribution in [0.5, 0.6) is 0 Å². The van der Waals surface area contributed by atoms with Gasteiger partial charge in [-0.1, -0.05) is 29.3 Å². The van der Waals surface area contributed by atoms with Gasteiger partial charge in [0.2, 0.25) is 16.0 Å². The van der Waals surface area contributed by atoms with Crippen molar-refractivity contribution in [3.63, 3.8) is 0 Å². The first kappa shape index (κ1) is 22.7. The van der Waals surface area contributed by atoms with Crippen LogP contribution in [-0.4, -0.2) is 42.3 Å². The Morgan fingerprint density at radius 3 is 2.47 bits per heavy atom. The van der Waals surface area contributed by atoms with E-state index in [-0.39, 0.29) is 24.6 Å². The van der Waals surface area contributed by atoms with Crippen LogP contribution in [0.4, 0.5) is 5.95 Å². The molecule has 0 unspecified atom stereocenters. The first-order valence-corrected chi connectivity index (χ1v) is 12.9. The Morgan fingerprint density at radius 1 is 1.06 bits per heavy atom. The van der Waals surface area contributed by atoms with Gasteiger partial charge < -0.3 is 5.32 Å². The molecule has 0 saturated heterocycles. The molecular formula is C20H17Cl2N5O3S2. The minimum Gasteiger partial charge on any atom is -0.353 e. The van der Waals surface area contributed by atoms with Gasteiger partial charge in [-0.3, -0.25) is 9.36 Å². The molecule has 0 aliphatic rings. The molecule has 4 aromatic rings. The van der Waals surface area contributed by atoms with E-state index < -0.39 is 10.0 Å². The predicted octanol–water partition coefficient (Wildman–Crippen LogP) is 3.78. The number of anilines is 1. The van der Waals surface area contributed by atoms with Crippen molar-refractivity contribution < 1.29 is 8.42 Å². The van der Waals surface area contributed by atoms with E-state index in [0.29, 0.717) is 32.5 Å². The van der Waals surface area contributed by atoms with Crippen LogP contribution in [0.2, 0.25) is 10.0 Å². The van der Waals surface area contributed by atoms with Crippen LogP contribution < -0.4 is 15.6 Å². The van der Waals surface area contributed by atoms with Crippen LogP contribution in [0, 0.1) is 0 Å². The number of thiophene rings is 1. The minimum absolute atomic E-state index is 0.145. The van der Waals surface area contributed by atoms with Gasteiger partial charge >= 0.3 is 0 Å². The zero-order valence-electron chi connectivity index (χ0n) is 16.7. The molecule has 0 saturated carbocycles. The quantitative estimate of drug-likeness (QED) is 0.367. The number of hydrogen-bond donors (Lipinski definition) is 2. The van der Waals surface area contributed by atoms with Gasteiger partial charge in [-0.15, -0.1) is 0 Å². The SMILES string of the molecule is CS(=O)(=O)NCCNc1nc(-c2ccsc2)c2ccc(=O)n(-c3c(Cl)cccc3Cl)c2n1. The Morgan fingerprint density at radius 2 is 1.81 bits per heavy atom. The average molecular weight is 510 g/mol. The number of benzene rings is 1. The molecule has 0 amide bonds. The molecule has 166 valence electrons. The topological polar surface area (TPSA) is 106 Å². The second kappa shape index (κ2) is 9.16. The maximum absolute atomic E-state index is 12.9. The summed E-state index contributed by atoms with van der Waals surface area (Å²) in [5, 5.41) is 8.11. The number of halogens is 2. The van der Waals surface area contributed by atoms with E-state index in [2.05, 4.69) is 20.0 Å². The molecule has 0 aliphatic heterocycles. The zero-order chi connectivity index (χ0) is 22.9. The smallest absolute Gasteiger partial charge is 0.256 e. The van der Waals surface area contributed by atoms with E-state index in [1.54, 1.807) is 24.3 Å². The predicted molar refractivity (Wildman–Crippen MR) is 130 cm³/mol. The molecule has 12 heteroatoms. The number of rotatable bonds is 7. The van der Waals surface area contributed by atoms with Crippen LogP contribution in [0.15, 0.2) is 52.0 Å². The first-order valence-electron chi connectivity index (χ1n) is 9.34. The molecule has 8 nitrogen and oxygen atoms in total. The summed E-state index contributed by atoms with van der Waals surface area (Å²) in [6.45, 7) is 0.386. The van der Waals surface area contributed by atoms with Crippen molar-refractivity contribution in [1.82, 2.24) is 19.3 Å². The lowest BCUT2D eigenvalue weighted by Crippen LogP contribution is -2.28. The summed E-state index contributed by atoms with van der Waals surface area (Å²) in [5.74, 6) is 0.233. The molecule has 0 bridgehead atoms. The Hall–Kier alpha value is -2.50. The third-order valence-electron chi connectivity index (χ3n) is 4.48. The molecule has 0 atom stereocenters. The standard InChI is InChI=1S/C20H17Cl2N5O3S2/c1-32(29,30)24-9-8-23-20-25-17(12-7-10-31-11-12)13-5-6-16(28)27(19(13)26-20)18-14(21)3-2-4-15(18)22/h2-7,10-11,24H,8-9H2,1H3,(H,23,25,26). The summed E-state index contributed by atoms with van der Waals surface area (Å²) in [5.41, 5.74) is 1.77. The number of nitrogens with one attached hydrogen (secondary N) is 2. The highest BCUT2D eigenvalue weighted by atomic mass is 35.5. The number of para-hydroxylation sites is 1. The van der Waals surface area contributed by atoms with Crippen LogP contribution >= 0.6 is 34.5 Å². The Kier molecular flexibility index (Phi) is 6.50. The maximum Gasteiger partial charge on any atom is 0.256 e. The van der Waals surface area contributed by atoms with Crippen molar-refractivity contribution in [2.75, 3.05) is 24.7 Å². The van der Waals surface area contributed by atoms with E-state index in [9.17, 15) is 13.2 Å². The summed E-state index contributed by atoms with van der Waals surface area (Å²) in [4.78, 5) is 22.1. The summed E-state index contributed by atoms with van der Waals surface area (Å²) in [6, 6.07) is 9.98. The van der Waals surface area contributed by atoms with Gasteiger partial charge in [0.05, 0.1) is 27.7 Å². The average Bonchev–Trinajstić information content (AvgIpc) is 3.26. The molecule has 0 radical (unpaired) electrons. The first-order chi connectivity index (χ1) is 15.2. The lowest BCUT2D eigenvalue weighted by atomic mass is 10.1. The van der Waals surface area contributed by atoms with E-state index in [4.69, 9.17) is 23.2 Å². The van der Waals surface area contributed by atoms with Gasteiger partial charge in [0, 0.05) is 35.5 Å². The molecular weight excluding hydrogens is 493 g/mol. The fourth-order valence-electron chi connectivity index (χ4n) is 3.14. The number of pyridine rings is 1. The molecule has 1 aromatic carbocycles. The fourth-order valence-corrected chi connectivity index (χ4v) is 4.82. The lowest BCUT2D eigenvalue weighted by molar-refractivity contribution is 0.589. The van der Waals surface area contributed by atoms with Crippen molar-refractivity contribution >= 4 is 61.5 Å². The lowest BCUT2D eigenvalue weighted by Gasteiger charge is -2.15. The van der Waals surface area contributed by atoms with Crippen molar-refractivity contribution in [3.05, 3.63) is 67.6 Å². The second-order valence-corrected chi connectivity index (χ2v) is 10.2. The van der Waals surface area contributed by atoms with Crippen LogP contribution in [-0.2, 0) is 10.0 Å². The van der Waals surface area contributed by atoms with Gasteiger partial charge in [0.25, 0.3) is 5.56 Å². The van der Waals surface area contributed by atoms with Crippen LogP contribution in [0.3, 0.4) is 0 Å². The number of hydrogen-bond acceptors (Lipinski definition) is 7. The van der Waals surface area contributed by atoms with Gasteiger partial charge in [-0.05, 0) is 29.6 Å². The fraction of sp³-hybridized carbons (Fsp3) is 0.150. The Bertz CT molecular complexity index is 1430.